The van der Waals surface area contributed by atoms with Crippen molar-refractivity contribution in [3.8, 4) is 0 Å². The third-order valence-electron chi connectivity index (χ3n) is 8.43. The standard InChI is InChI=1S/C20H22O7/c1-11-13-8-18(12-4-7-23-9-12)26-19-10-24-15(22)16(19,2)5-6-20(27-18,17(13,19)3)25-14(11)21/h4,7,9,11,13H,5-6,8,10H2,1-3H3/t11-,13+,16-,17-,18-,19-,20+/m1/s1. The molecular weight excluding hydrogens is 352 g/mol. The van der Waals surface area contributed by atoms with E-state index in [1.54, 1.807) is 12.5 Å². The Balaban J connectivity index is 1.67. The quantitative estimate of drug-likeness (QED) is 0.698. The molecule has 7 nitrogen and oxygen atoms in total. The molecule has 0 radical (unpaired) electrons. The molecular formula is C20H22O7. The van der Waals surface area contributed by atoms with Crippen LogP contribution in [0, 0.1) is 22.7 Å². The normalized spacial score (nSPS) is 55.1. The van der Waals surface area contributed by atoms with Crippen molar-refractivity contribution in [1.29, 1.82) is 0 Å². The maximum Gasteiger partial charge on any atom is 0.315 e. The molecule has 7 atom stereocenters. The van der Waals surface area contributed by atoms with Crippen LogP contribution < -0.4 is 0 Å². The Morgan fingerprint density at radius 1 is 1.15 bits per heavy atom. The van der Waals surface area contributed by atoms with Gasteiger partial charge in [-0.2, -0.15) is 0 Å². The van der Waals surface area contributed by atoms with Gasteiger partial charge in [-0.1, -0.05) is 13.8 Å². The second-order valence-electron chi connectivity index (χ2n) is 9.18. The maximum absolute atomic E-state index is 12.8. The number of cyclic esters (lactones) is 1. The predicted octanol–water partition coefficient (Wildman–Crippen LogP) is 2.49. The first-order valence-corrected chi connectivity index (χ1v) is 9.57. The molecule has 0 aromatic carbocycles. The van der Waals surface area contributed by atoms with Crippen molar-refractivity contribution in [3.05, 3.63) is 24.2 Å². The number of hydrogen-bond acceptors (Lipinski definition) is 7. The molecule has 1 aliphatic carbocycles. The molecule has 1 aromatic heterocycles. The van der Waals surface area contributed by atoms with Crippen LogP contribution in [0.3, 0.4) is 0 Å². The molecule has 1 spiro atoms. The number of furan rings is 1. The molecule has 144 valence electrons. The van der Waals surface area contributed by atoms with E-state index in [-0.39, 0.29) is 30.4 Å². The van der Waals surface area contributed by atoms with Crippen molar-refractivity contribution in [2.24, 2.45) is 22.7 Å². The Labute approximate surface area is 156 Å². The lowest BCUT2D eigenvalue weighted by atomic mass is 9.41. The fraction of sp³-hybridized carbons (Fsp3) is 0.700. The van der Waals surface area contributed by atoms with Gasteiger partial charge >= 0.3 is 11.9 Å². The van der Waals surface area contributed by atoms with E-state index in [0.717, 1.165) is 5.56 Å². The van der Waals surface area contributed by atoms with Crippen molar-refractivity contribution in [2.45, 2.75) is 57.2 Å². The summed E-state index contributed by atoms with van der Waals surface area (Å²) in [7, 11) is 0. The van der Waals surface area contributed by atoms with Gasteiger partial charge in [0.2, 0.25) is 11.6 Å². The Hall–Kier alpha value is -1.86. The number of ether oxygens (including phenoxy) is 4. The summed E-state index contributed by atoms with van der Waals surface area (Å²) in [4.78, 5) is 25.5. The molecule has 0 unspecified atom stereocenters. The molecule has 5 aliphatic heterocycles. The lowest BCUT2D eigenvalue weighted by Crippen LogP contribution is -2.86. The number of carbonyl (C=O) groups excluding carboxylic acids is 2. The van der Waals surface area contributed by atoms with E-state index in [0.29, 0.717) is 19.3 Å². The molecule has 0 N–H and O–H groups in total. The third-order valence-corrected chi connectivity index (χ3v) is 8.43. The summed E-state index contributed by atoms with van der Waals surface area (Å²) in [5.41, 5.74) is -1.68. The molecule has 6 fully saturated rings. The molecule has 7 rings (SSSR count). The summed E-state index contributed by atoms with van der Waals surface area (Å²) in [6, 6.07) is 1.81. The van der Waals surface area contributed by atoms with Crippen molar-refractivity contribution < 1.29 is 33.0 Å². The minimum atomic E-state index is -1.14. The molecule has 27 heavy (non-hydrogen) atoms. The monoisotopic (exact) mass is 374 g/mol. The second-order valence-corrected chi connectivity index (χ2v) is 9.18. The lowest BCUT2D eigenvalue weighted by molar-refractivity contribution is -0.555. The SMILES string of the molecule is C[C@H]1C(=O)O[C@]23CC[C@]4(C)C(=O)OC[C@@]45O[C@](c4ccoc4)(C[C@@H]1[C@@]25C)O3. The highest BCUT2D eigenvalue weighted by molar-refractivity contribution is 5.82. The summed E-state index contributed by atoms with van der Waals surface area (Å²) in [5, 5.41) is 0. The summed E-state index contributed by atoms with van der Waals surface area (Å²) in [6.45, 7) is 6.02. The number of rotatable bonds is 1. The van der Waals surface area contributed by atoms with Gasteiger partial charge < -0.3 is 23.4 Å². The van der Waals surface area contributed by atoms with Crippen LogP contribution in [0.25, 0.3) is 0 Å². The van der Waals surface area contributed by atoms with Gasteiger partial charge in [0, 0.05) is 18.4 Å². The Bertz CT molecular complexity index is 879. The highest BCUT2D eigenvalue weighted by Crippen LogP contribution is 2.78. The number of hydrogen-bond donors (Lipinski definition) is 0. The molecule has 7 heteroatoms. The molecule has 1 saturated carbocycles. The van der Waals surface area contributed by atoms with Gasteiger partial charge in [-0.3, -0.25) is 9.59 Å². The lowest BCUT2D eigenvalue weighted by Gasteiger charge is -2.76. The van der Waals surface area contributed by atoms with Crippen LogP contribution in [-0.2, 0) is 34.3 Å². The van der Waals surface area contributed by atoms with E-state index in [2.05, 4.69) is 6.92 Å². The van der Waals surface area contributed by atoms with Crippen molar-refractivity contribution in [3.63, 3.8) is 0 Å². The highest BCUT2D eigenvalue weighted by Gasteiger charge is 2.89. The Kier molecular flexibility index (Phi) is 2.54. The molecule has 5 saturated heterocycles. The van der Waals surface area contributed by atoms with Gasteiger partial charge in [-0.05, 0) is 25.3 Å². The average molecular weight is 374 g/mol. The van der Waals surface area contributed by atoms with E-state index >= 15 is 0 Å². The summed E-state index contributed by atoms with van der Waals surface area (Å²) in [5.74, 6) is -3.14. The Morgan fingerprint density at radius 3 is 2.70 bits per heavy atom. The minimum Gasteiger partial charge on any atom is -0.472 e. The summed E-state index contributed by atoms with van der Waals surface area (Å²) in [6.07, 6.45) is 4.61. The summed E-state index contributed by atoms with van der Waals surface area (Å²) < 4.78 is 30.3. The van der Waals surface area contributed by atoms with E-state index in [4.69, 9.17) is 23.4 Å². The number of carbonyl (C=O) groups is 2. The van der Waals surface area contributed by atoms with E-state index in [9.17, 15) is 9.59 Å². The van der Waals surface area contributed by atoms with Gasteiger partial charge in [0.25, 0.3) is 0 Å². The fourth-order valence-electron chi connectivity index (χ4n) is 6.78. The van der Waals surface area contributed by atoms with Crippen molar-refractivity contribution >= 4 is 11.9 Å². The fourth-order valence-corrected chi connectivity index (χ4v) is 6.78. The summed E-state index contributed by atoms with van der Waals surface area (Å²) >= 11 is 0. The van der Waals surface area contributed by atoms with E-state index in [1.165, 1.54) is 0 Å². The van der Waals surface area contributed by atoms with Gasteiger partial charge in [-0.15, -0.1) is 0 Å². The first-order valence-electron chi connectivity index (χ1n) is 9.57. The third kappa shape index (κ3) is 1.36. The van der Waals surface area contributed by atoms with E-state index in [1.807, 2.05) is 19.9 Å². The number of esters is 2. The Morgan fingerprint density at radius 2 is 1.96 bits per heavy atom. The predicted molar refractivity (Wildman–Crippen MR) is 87.8 cm³/mol. The smallest absolute Gasteiger partial charge is 0.315 e. The van der Waals surface area contributed by atoms with Crippen LogP contribution in [0.2, 0.25) is 0 Å². The maximum atomic E-state index is 12.8. The van der Waals surface area contributed by atoms with Crippen LogP contribution in [0.1, 0.15) is 45.6 Å². The van der Waals surface area contributed by atoms with Crippen LogP contribution >= 0.6 is 0 Å². The van der Waals surface area contributed by atoms with Gasteiger partial charge in [0.1, 0.15) is 12.2 Å². The topological polar surface area (TPSA) is 84.2 Å². The van der Waals surface area contributed by atoms with Gasteiger partial charge in [-0.25, -0.2) is 0 Å². The first-order chi connectivity index (χ1) is 12.7. The van der Waals surface area contributed by atoms with Crippen molar-refractivity contribution in [2.75, 3.05) is 6.61 Å². The molecule has 6 heterocycles. The molecule has 5 bridgehead atoms. The van der Waals surface area contributed by atoms with Crippen LogP contribution in [0.5, 0.6) is 0 Å². The van der Waals surface area contributed by atoms with Gasteiger partial charge in [0.15, 0.2) is 0 Å². The molecule has 6 aliphatic rings. The first kappa shape index (κ1) is 16.1. The average Bonchev–Trinajstić information content (AvgIpc) is 3.24. The second kappa shape index (κ2) is 4.25. The largest absolute Gasteiger partial charge is 0.472 e. The van der Waals surface area contributed by atoms with Crippen LogP contribution in [0.4, 0.5) is 0 Å². The zero-order valence-corrected chi connectivity index (χ0v) is 15.6. The van der Waals surface area contributed by atoms with Crippen LogP contribution in [-0.4, -0.2) is 29.9 Å². The molecule has 1 aromatic rings. The van der Waals surface area contributed by atoms with Crippen molar-refractivity contribution in [1.82, 2.24) is 0 Å². The van der Waals surface area contributed by atoms with E-state index < -0.39 is 28.0 Å². The van der Waals surface area contributed by atoms with Crippen LogP contribution in [0.15, 0.2) is 23.0 Å². The minimum absolute atomic E-state index is 0.0646. The van der Waals surface area contributed by atoms with Gasteiger partial charge in [0.05, 0.1) is 29.3 Å². The zero-order valence-electron chi connectivity index (χ0n) is 15.6. The zero-order chi connectivity index (χ0) is 18.9. The molecule has 0 amide bonds. The highest BCUT2D eigenvalue weighted by atomic mass is 16.8.